The summed E-state index contributed by atoms with van der Waals surface area (Å²) in [4.78, 5) is 12.0. The van der Waals surface area contributed by atoms with Crippen LogP contribution in [0.15, 0.2) is 66.9 Å². The lowest BCUT2D eigenvalue weighted by Crippen LogP contribution is -2.05. The zero-order valence-electron chi connectivity index (χ0n) is 20.0. The summed E-state index contributed by atoms with van der Waals surface area (Å²) in [6, 6.07) is 18.0. The number of nitrogens with zero attached hydrogens (tertiary/aromatic N) is 1. The van der Waals surface area contributed by atoms with E-state index in [-0.39, 0.29) is 11.7 Å². The summed E-state index contributed by atoms with van der Waals surface area (Å²) in [5.74, 6) is 1.18. The van der Waals surface area contributed by atoms with Crippen molar-refractivity contribution in [1.29, 1.82) is 0 Å². The summed E-state index contributed by atoms with van der Waals surface area (Å²) in [7, 11) is 0. The molecule has 35 heavy (non-hydrogen) atoms. The van der Waals surface area contributed by atoms with E-state index in [4.69, 9.17) is 14.2 Å². The molecule has 4 aromatic rings. The summed E-state index contributed by atoms with van der Waals surface area (Å²) in [5.41, 5.74) is 4.92. The van der Waals surface area contributed by atoms with E-state index in [1.165, 1.54) is 11.8 Å². The van der Waals surface area contributed by atoms with E-state index in [2.05, 4.69) is 28.4 Å². The second-order valence-corrected chi connectivity index (χ2v) is 8.27. The van der Waals surface area contributed by atoms with Gasteiger partial charge in [0, 0.05) is 11.6 Å². The molecular weight excluding hydrogens is 444 g/mol. The predicted octanol–water partition coefficient (Wildman–Crippen LogP) is 6.34. The summed E-state index contributed by atoms with van der Waals surface area (Å²) >= 11 is 0. The number of aromatic nitrogens is 2. The van der Waals surface area contributed by atoms with E-state index in [0.29, 0.717) is 47.3 Å². The third-order valence-corrected chi connectivity index (χ3v) is 5.50. The SMILES string of the molecule is CCCOC(=O)c1ccc(Oc2cn[nH]c2-c2ccc(OCc3cc(C)ccc3C)cc2O)cc1. The van der Waals surface area contributed by atoms with Crippen molar-refractivity contribution in [1.82, 2.24) is 10.2 Å². The van der Waals surface area contributed by atoms with Crippen molar-refractivity contribution in [2.75, 3.05) is 6.61 Å². The second-order valence-electron chi connectivity index (χ2n) is 8.27. The summed E-state index contributed by atoms with van der Waals surface area (Å²) < 4.78 is 17.0. The average molecular weight is 473 g/mol. The quantitative estimate of drug-likeness (QED) is 0.276. The minimum atomic E-state index is -0.368. The molecule has 1 heterocycles. The maximum absolute atomic E-state index is 12.0. The molecule has 4 rings (SSSR count). The third kappa shape index (κ3) is 5.81. The maximum Gasteiger partial charge on any atom is 0.338 e. The normalized spacial score (nSPS) is 10.7. The molecule has 0 amide bonds. The Morgan fingerprint density at radius 1 is 1.00 bits per heavy atom. The Balaban J connectivity index is 1.46. The Labute approximate surface area is 204 Å². The van der Waals surface area contributed by atoms with Crippen molar-refractivity contribution >= 4 is 5.97 Å². The number of ether oxygens (including phenoxy) is 3. The zero-order valence-corrected chi connectivity index (χ0v) is 20.0. The fraction of sp³-hybridized carbons (Fsp3) is 0.214. The van der Waals surface area contributed by atoms with Gasteiger partial charge in [-0.05, 0) is 67.8 Å². The van der Waals surface area contributed by atoms with Crippen LogP contribution in [-0.4, -0.2) is 27.9 Å². The first-order valence-electron chi connectivity index (χ1n) is 11.5. The van der Waals surface area contributed by atoms with Gasteiger partial charge in [0.25, 0.3) is 0 Å². The molecular formula is C28H28N2O5. The highest BCUT2D eigenvalue weighted by Gasteiger charge is 2.15. The van der Waals surface area contributed by atoms with E-state index in [1.54, 1.807) is 42.5 Å². The highest BCUT2D eigenvalue weighted by Crippen LogP contribution is 2.38. The number of carbonyl (C=O) groups is 1. The fourth-order valence-corrected chi connectivity index (χ4v) is 3.54. The Bertz CT molecular complexity index is 1310. The van der Waals surface area contributed by atoms with Crippen molar-refractivity contribution in [3.05, 3.63) is 89.1 Å². The van der Waals surface area contributed by atoms with Crippen LogP contribution < -0.4 is 9.47 Å². The first kappa shape index (κ1) is 23.9. The maximum atomic E-state index is 12.0. The number of aryl methyl sites for hydroxylation is 2. The third-order valence-electron chi connectivity index (χ3n) is 5.50. The minimum Gasteiger partial charge on any atom is -0.507 e. The van der Waals surface area contributed by atoms with Gasteiger partial charge in [0.2, 0.25) is 0 Å². The number of H-pyrrole nitrogens is 1. The van der Waals surface area contributed by atoms with Crippen LogP contribution in [0.4, 0.5) is 0 Å². The number of rotatable bonds is 9. The Hall–Kier alpha value is -4.26. The summed E-state index contributed by atoms with van der Waals surface area (Å²) in [6.07, 6.45) is 2.30. The topological polar surface area (TPSA) is 93.7 Å². The predicted molar refractivity (Wildman–Crippen MR) is 133 cm³/mol. The number of aromatic hydroxyl groups is 1. The largest absolute Gasteiger partial charge is 0.507 e. The lowest BCUT2D eigenvalue weighted by Gasteiger charge is -2.12. The molecule has 0 aliphatic heterocycles. The smallest absolute Gasteiger partial charge is 0.338 e. The van der Waals surface area contributed by atoms with Gasteiger partial charge < -0.3 is 19.3 Å². The van der Waals surface area contributed by atoms with Crippen molar-refractivity contribution in [2.45, 2.75) is 33.8 Å². The average Bonchev–Trinajstić information content (AvgIpc) is 3.31. The van der Waals surface area contributed by atoms with Crippen LogP contribution in [0.3, 0.4) is 0 Å². The number of benzene rings is 3. The summed E-state index contributed by atoms with van der Waals surface area (Å²) in [6.45, 7) is 6.83. The molecule has 0 aliphatic carbocycles. The van der Waals surface area contributed by atoms with E-state index in [0.717, 1.165) is 17.5 Å². The zero-order chi connectivity index (χ0) is 24.8. The van der Waals surface area contributed by atoms with Gasteiger partial charge in [-0.2, -0.15) is 5.10 Å². The van der Waals surface area contributed by atoms with Crippen molar-refractivity contribution < 1.29 is 24.1 Å². The number of esters is 1. The highest BCUT2D eigenvalue weighted by atomic mass is 16.5. The number of phenolic OH excluding ortho intramolecular Hbond substituents is 1. The molecule has 1 aromatic heterocycles. The van der Waals surface area contributed by atoms with Crippen LogP contribution in [0.5, 0.6) is 23.0 Å². The van der Waals surface area contributed by atoms with Crippen LogP contribution in [0.2, 0.25) is 0 Å². The molecule has 0 atom stereocenters. The molecule has 7 nitrogen and oxygen atoms in total. The van der Waals surface area contributed by atoms with Gasteiger partial charge in [0.15, 0.2) is 5.75 Å². The first-order valence-corrected chi connectivity index (χ1v) is 11.5. The monoisotopic (exact) mass is 472 g/mol. The second kappa shape index (κ2) is 10.8. The van der Waals surface area contributed by atoms with Crippen LogP contribution >= 0.6 is 0 Å². The van der Waals surface area contributed by atoms with Crippen LogP contribution in [-0.2, 0) is 11.3 Å². The van der Waals surface area contributed by atoms with Gasteiger partial charge in [-0.25, -0.2) is 4.79 Å². The molecule has 0 saturated carbocycles. The van der Waals surface area contributed by atoms with E-state index >= 15 is 0 Å². The molecule has 0 radical (unpaired) electrons. The fourth-order valence-electron chi connectivity index (χ4n) is 3.54. The lowest BCUT2D eigenvalue weighted by atomic mass is 10.1. The number of aromatic amines is 1. The molecule has 0 aliphatic rings. The van der Waals surface area contributed by atoms with Crippen molar-refractivity contribution in [3.8, 4) is 34.3 Å². The Morgan fingerprint density at radius 2 is 1.77 bits per heavy atom. The Morgan fingerprint density at radius 3 is 2.51 bits per heavy atom. The number of nitrogens with one attached hydrogen (secondary N) is 1. The molecule has 2 N–H and O–H groups in total. The number of hydrogen-bond acceptors (Lipinski definition) is 6. The molecule has 0 bridgehead atoms. The number of hydrogen-bond donors (Lipinski definition) is 2. The van der Waals surface area contributed by atoms with Gasteiger partial charge in [-0.3, -0.25) is 5.10 Å². The molecule has 0 saturated heterocycles. The van der Waals surface area contributed by atoms with E-state index < -0.39 is 0 Å². The molecule has 0 unspecified atom stereocenters. The molecule has 180 valence electrons. The Kier molecular flexibility index (Phi) is 7.35. The van der Waals surface area contributed by atoms with Gasteiger partial charge in [0.1, 0.15) is 29.5 Å². The molecule has 0 fully saturated rings. The van der Waals surface area contributed by atoms with Gasteiger partial charge in [0.05, 0.1) is 18.4 Å². The van der Waals surface area contributed by atoms with E-state index in [9.17, 15) is 9.90 Å². The van der Waals surface area contributed by atoms with Crippen LogP contribution in [0.25, 0.3) is 11.3 Å². The number of phenols is 1. The standard InChI is InChI=1S/C28H28N2O5/c1-4-13-33-28(32)20-7-9-22(10-8-20)35-26-16-29-30-27(26)24-12-11-23(15-25(24)31)34-17-21-14-18(2)5-6-19(21)3/h5-12,14-16,31H,4,13,17H2,1-3H3,(H,29,30). The number of carbonyl (C=O) groups excluding carboxylic acids is 1. The van der Waals surface area contributed by atoms with Crippen molar-refractivity contribution in [3.63, 3.8) is 0 Å². The molecule has 0 spiro atoms. The van der Waals surface area contributed by atoms with Crippen molar-refractivity contribution in [2.24, 2.45) is 0 Å². The first-order chi connectivity index (χ1) is 16.9. The van der Waals surface area contributed by atoms with Gasteiger partial charge in [-0.1, -0.05) is 30.7 Å². The molecule has 3 aromatic carbocycles. The molecule has 7 heteroatoms. The van der Waals surface area contributed by atoms with Gasteiger partial charge >= 0.3 is 5.97 Å². The van der Waals surface area contributed by atoms with Gasteiger partial charge in [-0.15, -0.1) is 0 Å². The highest BCUT2D eigenvalue weighted by molar-refractivity contribution is 5.89. The minimum absolute atomic E-state index is 0.0339. The van der Waals surface area contributed by atoms with Crippen LogP contribution in [0, 0.1) is 13.8 Å². The lowest BCUT2D eigenvalue weighted by molar-refractivity contribution is 0.0505. The summed E-state index contributed by atoms with van der Waals surface area (Å²) in [5, 5.41) is 17.6. The van der Waals surface area contributed by atoms with Crippen LogP contribution in [0.1, 0.15) is 40.4 Å². The van der Waals surface area contributed by atoms with E-state index in [1.807, 2.05) is 20.8 Å².